The van der Waals surface area contributed by atoms with Gasteiger partial charge in [0, 0.05) is 33.0 Å². The van der Waals surface area contributed by atoms with Gasteiger partial charge in [-0.1, -0.05) is 72.3 Å². The Bertz CT molecular complexity index is 1330. The number of amides is 2. The number of nitrogens with zero attached hydrogens (tertiary/aromatic N) is 2. The van der Waals surface area contributed by atoms with Crippen molar-refractivity contribution in [2.75, 3.05) is 24.2 Å². The minimum Gasteiger partial charge on any atom is -0.357 e. The summed E-state index contributed by atoms with van der Waals surface area (Å²) in [6, 6.07) is 22.0. The van der Waals surface area contributed by atoms with E-state index < -0.39 is 21.9 Å². The molecule has 0 spiro atoms. The number of para-hydroxylation sites is 1. The quantitative estimate of drug-likeness (QED) is 0.376. The first-order valence-electron chi connectivity index (χ1n) is 12.4. The monoisotopic (exact) mass is 539 g/mol. The van der Waals surface area contributed by atoms with Gasteiger partial charge in [-0.05, 0) is 36.6 Å². The minimum atomic E-state index is -3.78. The molecule has 3 aromatic carbocycles. The van der Waals surface area contributed by atoms with Crippen molar-refractivity contribution in [3.63, 3.8) is 0 Å². The van der Waals surface area contributed by atoms with Gasteiger partial charge in [0.15, 0.2) is 0 Å². The van der Waals surface area contributed by atoms with Crippen molar-refractivity contribution in [1.29, 1.82) is 0 Å². The summed E-state index contributed by atoms with van der Waals surface area (Å²) in [6.45, 7) is 2.11. The SMILES string of the molecule is CNC(=O)[C@H](Cc1ccccc1)N(Cc1ccc(C)cc1)C(=O)CCCN(c1ccccc1F)S(C)(=O)=O. The van der Waals surface area contributed by atoms with Crippen LogP contribution in [0, 0.1) is 12.7 Å². The molecule has 3 rings (SSSR count). The molecule has 2 amide bonds. The van der Waals surface area contributed by atoms with Crippen LogP contribution in [0.5, 0.6) is 0 Å². The average molecular weight is 540 g/mol. The predicted octanol–water partition coefficient (Wildman–Crippen LogP) is 4.07. The summed E-state index contributed by atoms with van der Waals surface area (Å²) in [5.74, 6) is -1.25. The van der Waals surface area contributed by atoms with Crippen LogP contribution >= 0.6 is 0 Å². The Hall–Kier alpha value is -3.72. The number of hydrogen-bond acceptors (Lipinski definition) is 4. The Morgan fingerprint density at radius 3 is 2.16 bits per heavy atom. The van der Waals surface area contributed by atoms with E-state index in [-0.39, 0.29) is 43.4 Å². The number of rotatable bonds is 12. The van der Waals surface area contributed by atoms with Crippen LogP contribution in [0.4, 0.5) is 10.1 Å². The number of benzene rings is 3. The first kappa shape index (κ1) is 28.8. The Balaban J connectivity index is 1.84. The molecule has 7 nitrogen and oxygen atoms in total. The molecule has 9 heteroatoms. The molecule has 3 aromatic rings. The average Bonchev–Trinajstić information content (AvgIpc) is 2.89. The second kappa shape index (κ2) is 13.2. The van der Waals surface area contributed by atoms with Gasteiger partial charge in [-0.2, -0.15) is 0 Å². The third-order valence-electron chi connectivity index (χ3n) is 6.26. The number of anilines is 1. The minimum absolute atomic E-state index is 0.0192. The maximum Gasteiger partial charge on any atom is 0.242 e. The molecule has 38 heavy (non-hydrogen) atoms. The molecule has 0 saturated carbocycles. The Labute approximate surface area is 224 Å². The standard InChI is InChI=1S/C29H34FN3O4S/c1-22-15-17-24(18-16-22)21-32(27(29(35)31-2)20-23-10-5-4-6-11-23)28(34)14-9-19-33(38(3,36)37)26-13-8-7-12-25(26)30/h4-8,10-13,15-18,27H,9,14,19-21H2,1-3H3,(H,31,35)/t27-/m0/s1. The number of sulfonamides is 1. The number of carbonyl (C=O) groups excluding carboxylic acids is 2. The van der Waals surface area contributed by atoms with Crippen molar-refractivity contribution in [2.24, 2.45) is 0 Å². The van der Waals surface area contributed by atoms with Crippen LogP contribution in [0.15, 0.2) is 78.9 Å². The molecule has 0 aliphatic heterocycles. The molecule has 0 aliphatic rings. The molecule has 1 N–H and O–H groups in total. The van der Waals surface area contributed by atoms with Crippen molar-refractivity contribution in [3.05, 3.63) is 101 Å². The lowest BCUT2D eigenvalue weighted by atomic mass is 10.0. The first-order chi connectivity index (χ1) is 18.1. The molecule has 0 heterocycles. The maximum atomic E-state index is 14.4. The highest BCUT2D eigenvalue weighted by molar-refractivity contribution is 7.92. The molecule has 0 saturated heterocycles. The highest BCUT2D eigenvalue weighted by Gasteiger charge is 2.30. The van der Waals surface area contributed by atoms with E-state index in [1.165, 1.54) is 25.2 Å². The molecule has 0 aromatic heterocycles. The van der Waals surface area contributed by atoms with Gasteiger partial charge in [-0.15, -0.1) is 0 Å². The van der Waals surface area contributed by atoms with E-state index >= 15 is 0 Å². The number of hydrogen-bond donors (Lipinski definition) is 1. The largest absolute Gasteiger partial charge is 0.357 e. The fourth-order valence-electron chi connectivity index (χ4n) is 4.25. The summed E-state index contributed by atoms with van der Waals surface area (Å²) < 4.78 is 40.2. The van der Waals surface area contributed by atoms with Crippen molar-refractivity contribution < 1.29 is 22.4 Å². The number of likely N-dealkylation sites (N-methyl/N-ethyl adjacent to an activating group) is 1. The van der Waals surface area contributed by atoms with Crippen LogP contribution in [0.3, 0.4) is 0 Å². The van der Waals surface area contributed by atoms with Gasteiger partial charge >= 0.3 is 0 Å². The van der Waals surface area contributed by atoms with Gasteiger partial charge < -0.3 is 10.2 Å². The van der Waals surface area contributed by atoms with Crippen LogP contribution in [0.2, 0.25) is 0 Å². The third kappa shape index (κ3) is 7.89. The lowest BCUT2D eigenvalue weighted by Gasteiger charge is -2.31. The summed E-state index contributed by atoms with van der Waals surface area (Å²) in [4.78, 5) is 28.2. The summed E-state index contributed by atoms with van der Waals surface area (Å²) in [6.07, 6.45) is 1.46. The Morgan fingerprint density at radius 1 is 0.921 bits per heavy atom. The van der Waals surface area contributed by atoms with E-state index in [4.69, 9.17) is 0 Å². The highest BCUT2D eigenvalue weighted by Crippen LogP contribution is 2.23. The zero-order valence-electron chi connectivity index (χ0n) is 21.9. The molecule has 0 radical (unpaired) electrons. The second-order valence-corrected chi connectivity index (χ2v) is 11.1. The zero-order valence-corrected chi connectivity index (χ0v) is 22.7. The Kier molecular flexibility index (Phi) is 10.0. The number of halogens is 1. The van der Waals surface area contributed by atoms with Gasteiger partial charge in [0.2, 0.25) is 21.8 Å². The van der Waals surface area contributed by atoms with E-state index in [2.05, 4.69) is 5.32 Å². The molecule has 202 valence electrons. The second-order valence-electron chi connectivity index (χ2n) is 9.22. The molecule has 0 bridgehead atoms. The van der Waals surface area contributed by atoms with Gasteiger partial charge in [-0.3, -0.25) is 13.9 Å². The van der Waals surface area contributed by atoms with E-state index in [1.54, 1.807) is 11.0 Å². The summed E-state index contributed by atoms with van der Waals surface area (Å²) >= 11 is 0. The fraction of sp³-hybridized carbons (Fsp3) is 0.310. The highest BCUT2D eigenvalue weighted by atomic mass is 32.2. The number of nitrogens with one attached hydrogen (secondary N) is 1. The molecular weight excluding hydrogens is 505 g/mol. The van der Waals surface area contributed by atoms with Gasteiger partial charge in [0.1, 0.15) is 11.9 Å². The summed E-state index contributed by atoms with van der Waals surface area (Å²) in [5.41, 5.74) is 2.79. The molecule has 0 fully saturated rings. The van der Waals surface area contributed by atoms with Crippen LogP contribution < -0.4 is 9.62 Å². The smallest absolute Gasteiger partial charge is 0.242 e. The van der Waals surface area contributed by atoms with E-state index in [9.17, 15) is 22.4 Å². The van der Waals surface area contributed by atoms with Gasteiger partial charge in [0.25, 0.3) is 0 Å². The van der Waals surface area contributed by atoms with E-state index in [0.29, 0.717) is 6.42 Å². The fourth-order valence-corrected chi connectivity index (χ4v) is 5.21. The van der Waals surface area contributed by atoms with Crippen LogP contribution in [0.25, 0.3) is 0 Å². The van der Waals surface area contributed by atoms with Crippen molar-refractivity contribution in [1.82, 2.24) is 10.2 Å². The first-order valence-corrected chi connectivity index (χ1v) is 14.3. The maximum absolute atomic E-state index is 14.4. The topological polar surface area (TPSA) is 86.8 Å². The Morgan fingerprint density at radius 2 is 1.55 bits per heavy atom. The zero-order chi connectivity index (χ0) is 27.7. The lowest BCUT2D eigenvalue weighted by Crippen LogP contribution is -2.49. The number of carbonyl (C=O) groups is 2. The van der Waals surface area contributed by atoms with Crippen molar-refractivity contribution >= 4 is 27.5 Å². The van der Waals surface area contributed by atoms with Crippen LogP contribution in [-0.2, 0) is 32.6 Å². The molecule has 0 unspecified atom stereocenters. The van der Waals surface area contributed by atoms with Gasteiger partial charge in [0.05, 0.1) is 11.9 Å². The lowest BCUT2D eigenvalue weighted by molar-refractivity contribution is -0.141. The van der Waals surface area contributed by atoms with Gasteiger partial charge in [-0.25, -0.2) is 12.8 Å². The summed E-state index contributed by atoms with van der Waals surface area (Å²) in [5, 5.41) is 2.68. The normalized spacial score (nSPS) is 12.0. The summed E-state index contributed by atoms with van der Waals surface area (Å²) in [7, 11) is -2.25. The van der Waals surface area contributed by atoms with Crippen molar-refractivity contribution in [3.8, 4) is 0 Å². The van der Waals surface area contributed by atoms with Crippen LogP contribution in [0.1, 0.15) is 29.5 Å². The predicted molar refractivity (Wildman–Crippen MR) is 148 cm³/mol. The number of aryl methyl sites for hydroxylation is 1. The van der Waals surface area contributed by atoms with E-state index in [0.717, 1.165) is 27.3 Å². The van der Waals surface area contributed by atoms with Crippen molar-refractivity contribution in [2.45, 2.75) is 38.8 Å². The third-order valence-corrected chi connectivity index (χ3v) is 7.44. The van der Waals surface area contributed by atoms with Crippen LogP contribution in [-0.4, -0.2) is 51.0 Å². The van der Waals surface area contributed by atoms with E-state index in [1.807, 2.05) is 61.5 Å². The molecular formula is C29H34FN3O4S. The molecule has 0 aliphatic carbocycles. The molecule has 1 atom stereocenters.